The number of carbonyl (C=O) groups excluding carboxylic acids is 3. The van der Waals surface area contributed by atoms with Crippen LogP contribution >= 0.6 is 11.3 Å². The van der Waals surface area contributed by atoms with Crippen LogP contribution in [0, 0.1) is 5.82 Å². The molecule has 0 bridgehead atoms. The molecule has 1 atom stereocenters. The number of nitrogens with zero attached hydrogens (tertiary/aromatic N) is 4. The second-order valence-electron chi connectivity index (χ2n) is 10.2. The lowest BCUT2D eigenvalue weighted by atomic mass is 9.85. The zero-order chi connectivity index (χ0) is 25.5. The fourth-order valence-electron chi connectivity index (χ4n) is 5.91. The van der Waals surface area contributed by atoms with Crippen molar-refractivity contribution < 1.29 is 23.5 Å². The highest BCUT2D eigenvalue weighted by Gasteiger charge is 2.41. The van der Waals surface area contributed by atoms with Gasteiger partial charge in [0.05, 0.1) is 13.2 Å². The molecule has 3 amide bonds. The van der Waals surface area contributed by atoms with E-state index in [0.717, 1.165) is 75.0 Å². The van der Waals surface area contributed by atoms with Gasteiger partial charge in [-0.2, -0.15) is 0 Å². The third-order valence-electron chi connectivity index (χ3n) is 7.89. The zero-order valence-corrected chi connectivity index (χ0v) is 21.4. The van der Waals surface area contributed by atoms with Crippen molar-refractivity contribution in [2.45, 2.75) is 50.7 Å². The largest absolute Gasteiger partial charge is 0.378 e. The normalized spacial score (nSPS) is 23.5. The predicted octanol–water partition coefficient (Wildman–Crippen LogP) is 2.26. The van der Waals surface area contributed by atoms with Gasteiger partial charge in [-0.1, -0.05) is 0 Å². The maximum atomic E-state index is 14.6. The number of imide groups is 1. The number of anilines is 1. The lowest BCUT2D eigenvalue weighted by Gasteiger charge is -2.33. The number of morpholine rings is 1. The maximum absolute atomic E-state index is 14.6. The third kappa shape index (κ3) is 4.87. The number of hydrogen-bond acceptors (Lipinski definition) is 8. The van der Waals surface area contributed by atoms with E-state index in [1.165, 1.54) is 15.8 Å². The van der Waals surface area contributed by atoms with Gasteiger partial charge < -0.3 is 14.5 Å². The summed E-state index contributed by atoms with van der Waals surface area (Å²) in [5, 5.41) is 3.37. The van der Waals surface area contributed by atoms with Gasteiger partial charge in [-0.15, -0.1) is 11.3 Å². The first-order valence-corrected chi connectivity index (χ1v) is 13.7. The van der Waals surface area contributed by atoms with E-state index in [9.17, 15) is 18.8 Å². The molecule has 11 heteroatoms. The van der Waals surface area contributed by atoms with E-state index in [1.807, 2.05) is 6.20 Å². The van der Waals surface area contributed by atoms with Gasteiger partial charge >= 0.3 is 0 Å². The van der Waals surface area contributed by atoms with Crippen molar-refractivity contribution in [3.05, 3.63) is 45.7 Å². The van der Waals surface area contributed by atoms with Crippen LogP contribution in [0.3, 0.4) is 0 Å². The minimum absolute atomic E-state index is 0.153. The number of benzene rings is 1. The van der Waals surface area contributed by atoms with Gasteiger partial charge in [-0.25, -0.2) is 9.37 Å². The molecular formula is C26H30FN5O4S. The maximum Gasteiger partial charge on any atom is 0.255 e. The summed E-state index contributed by atoms with van der Waals surface area (Å²) in [6, 6.07) is 2.16. The summed E-state index contributed by atoms with van der Waals surface area (Å²) in [5.74, 6) is -1.37. The van der Waals surface area contributed by atoms with E-state index in [2.05, 4.69) is 20.1 Å². The highest BCUT2D eigenvalue weighted by atomic mass is 32.1. The standard InChI is InChI=1S/C26H30FN5O4S/c27-17-11-19(21-15-32(25(35)20(21)12-17)22-1-2-23(33)29-24(22)34)16-3-5-30(6-4-16)14-18-13-28-26(37-18)31-7-9-36-10-8-31/h11-13,16,22H,1-10,14-15H2,(H,29,33,34). The molecule has 9 nitrogen and oxygen atoms in total. The molecule has 1 N–H and O–H groups in total. The molecule has 0 radical (unpaired) electrons. The van der Waals surface area contributed by atoms with Crippen LogP contribution in [-0.2, 0) is 27.4 Å². The Kier molecular flexibility index (Phi) is 6.68. The Bertz CT molecular complexity index is 1220. The van der Waals surface area contributed by atoms with E-state index >= 15 is 0 Å². The van der Waals surface area contributed by atoms with Crippen molar-refractivity contribution in [1.82, 2.24) is 20.1 Å². The molecule has 5 heterocycles. The van der Waals surface area contributed by atoms with Gasteiger partial charge in [0.2, 0.25) is 11.8 Å². The number of thiazole rings is 1. The lowest BCUT2D eigenvalue weighted by molar-refractivity contribution is -0.136. The molecule has 0 saturated carbocycles. The van der Waals surface area contributed by atoms with E-state index < -0.39 is 17.8 Å². The second kappa shape index (κ2) is 10.1. The second-order valence-corrected chi connectivity index (χ2v) is 11.3. The smallest absolute Gasteiger partial charge is 0.255 e. The average Bonchev–Trinajstić information content (AvgIpc) is 3.49. The van der Waals surface area contributed by atoms with Gasteiger partial charge in [-0.05, 0) is 61.5 Å². The molecule has 196 valence electrons. The highest BCUT2D eigenvalue weighted by molar-refractivity contribution is 7.15. The Morgan fingerprint density at radius 2 is 1.86 bits per heavy atom. The third-order valence-corrected chi connectivity index (χ3v) is 8.93. The van der Waals surface area contributed by atoms with Crippen LogP contribution in [0.15, 0.2) is 18.3 Å². The van der Waals surface area contributed by atoms with E-state index in [0.29, 0.717) is 12.0 Å². The highest BCUT2D eigenvalue weighted by Crippen LogP contribution is 2.38. The molecule has 1 aromatic heterocycles. The Hall–Kier alpha value is -2.89. The number of piperidine rings is 2. The number of rotatable bonds is 5. The summed E-state index contributed by atoms with van der Waals surface area (Å²) in [7, 11) is 0. The first-order chi connectivity index (χ1) is 18.0. The number of carbonyl (C=O) groups is 3. The summed E-state index contributed by atoms with van der Waals surface area (Å²) >= 11 is 1.73. The first kappa shape index (κ1) is 24.4. The fraction of sp³-hybridized carbons (Fsp3) is 0.538. The topological polar surface area (TPSA) is 95.1 Å². The molecule has 0 spiro atoms. The number of amides is 3. The quantitative estimate of drug-likeness (QED) is 0.596. The summed E-state index contributed by atoms with van der Waals surface area (Å²) in [6.07, 6.45) is 4.21. The van der Waals surface area contributed by atoms with Crippen molar-refractivity contribution in [2.75, 3.05) is 44.3 Å². The Morgan fingerprint density at radius 3 is 2.62 bits per heavy atom. The number of fused-ring (bicyclic) bond motifs is 1. The zero-order valence-electron chi connectivity index (χ0n) is 20.6. The molecule has 2 aromatic rings. The number of nitrogens with one attached hydrogen (secondary N) is 1. The summed E-state index contributed by atoms with van der Waals surface area (Å²) in [4.78, 5) is 49.1. The van der Waals surface area contributed by atoms with Crippen LogP contribution in [0.2, 0.25) is 0 Å². The van der Waals surface area contributed by atoms with Crippen LogP contribution < -0.4 is 10.2 Å². The van der Waals surface area contributed by atoms with E-state index in [-0.39, 0.29) is 30.7 Å². The SMILES string of the molecule is O=C1CCC(N2Cc3c(cc(F)cc3C3CCN(Cc4cnc(N5CCOCC5)s4)CC3)C2=O)C(=O)N1. The van der Waals surface area contributed by atoms with Crippen molar-refractivity contribution in [3.63, 3.8) is 0 Å². The number of ether oxygens (including phenoxy) is 1. The van der Waals surface area contributed by atoms with Crippen molar-refractivity contribution in [1.29, 1.82) is 0 Å². The molecule has 1 unspecified atom stereocenters. The minimum atomic E-state index is -0.697. The summed E-state index contributed by atoms with van der Waals surface area (Å²) in [5.41, 5.74) is 2.06. The van der Waals surface area contributed by atoms with Gasteiger partial charge in [0, 0.05) is 49.2 Å². The van der Waals surface area contributed by atoms with Crippen LogP contribution in [0.5, 0.6) is 0 Å². The average molecular weight is 528 g/mol. The predicted molar refractivity (Wildman–Crippen MR) is 135 cm³/mol. The van der Waals surface area contributed by atoms with Crippen LogP contribution in [0.4, 0.5) is 9.52 Å². The van der Waals surface area contributed by atoms with E-state index in [1.54, 1.807) is 17.4 Å². The molecule has 3 fully saturated rings. The fourth-order valence-corrected chi connectivity index (χ4v) is 6.92. The molecule has 6 rings (SSSR count). The van der Waals surface area contributed by atoms with Crippen LogP contribution in [0.25, 0.3) is 0 Å². The van der Waals surface area contributed by atoms with E-state index in [4.69, 9.17) is 4.74 Å². The van der Waals surface area contributed by atoms with Crippen LogP contribution in [0.1, 0.15) is 58.0 Å². The monoisotopic (exact) mass is 527 g/mol. The molecule has 3 saturated heterocycles. The number of aromatic nitrogens is 1. The van der Waals surface area contributed by atoms with Gasteiger partial charge in [-0.3, -0.25) is 24.6 Å². The summed E-state index contributed by atoms with van der Waals surface area (Å²) in [6.45, 7) is 6.11. The molecule has 1 aromatic carbocycles. The summed E-state index contributed by atoms with van der Waals surface area (Å²) < 4.78 is 20.1. The molecule has 0 aliphatic carbocycles. The Labute approximate surface area is 218 Å². The molecule has 4 aliphatic heterocycles. The molecule has 4 aliphatic rings. The van der Waals surface area contributed by atoms with Crippen molar-refractivity contribution >= 4 is 34.2 Å². The first-order valence-electron chi connectivity index (χ1n) is 12.9. The molecular weight excluding hydrogens is 497 g/mol. The minimum Gasteiger partial charge on any atom is -0.378 e. The lowest BCUT2D eigenvalue weighted by Crippen LogP contribution is -2.52. The van der Waals surface area contributed by atoms with Crippen LogP contribution in [-0.4, -0.2) is 77.9 Å². The van der Waals surface area contributed by atoms with Gasteiger partial charge in [0.25, 0.3) is 5.91 Å². The number of halogens is 1. The number of hydrogen-bond donors (Lipinski definition) is 1. The van der Waals surface area contributed by atoms with Crippen molar-refractivity contribution in [2.24, 2.45) is 0 Å². The van der Waals surface area contributed by atoms with Gasteiger partial charge in [0.1, 0.15) is 11.9 Å². The molecule has 37 heavy (non-hydrogen) atoms. The van der Waals surface area contributed by atoms with Gasteiger partial charge in [0.15, 0.2) is 5.13 Å². The number of likely N-dealkylation sites (tertiary alicyclic amines) is 1. The Morgan fingerprint density at radius 1 is 1.08 bits per heavy atom. The van der Waals surface area contributed by atoms with Crippen molar-refractivity contribution in [3.8, 4) is 0 Å². The Balaban J connectivity index is 1.11.